The summed E-state index contributed by atoms with van der Waals surface area (Å²) in [5.41, 5.74) is 0.558. The molecule has 0 aromatic heterocycles. The molecule has 0 aromatic carbocycles. The summed E-state index contributed by atoms with van der Waals surface area (Å²) < 4.78 is 0. The molecule has 2 aliphatic carbocycles. The first-order valence-electron chi connectivity index (χ1n) is 6.13. The molecule has 2 bridgehead atoms. The van der Waals surface area contributed by atoms with Crippen LogP contribution in [0, 0.1) is 23.2 Å². The van der Waals surface area contributed by atoms with Crippen LogP contribution in [0.25, 0.3) is 0 Å². The molecule has 2 saturated carbocycles. The SMILES string of the molecule is CC(Br)CC(C)(C)C1CC2CCC1C2. The van der Waals surface area contributed by atoms with Gasteiger partial charge in [0.1, 0.15) is 0 Å². The second-order valence-corrected chi connectivity index (χ2v) is 7.82. The Hall–Kier alpha value is 0.480. The fourth-order valence-electron chi connectivity index (χ4n) is 4.08. The third kappa shape index (κ3) is 2.03. The van der Waals surface area contributed by atoms with Crippen molar-refractivity contribution >= 4 is 15.9 Å². The van der Waals surface area contributed by atoms with Crippen molar-refractivity contribution in [3.05, 3.63) is 0 Å². The Balaban J connectivity index is 2.00. The van der Waals surface area contributed by atoms with Gasteiger partial charge in [0.2, 0.25) is 0 Å². The van der Waals surface area contributed by atoms with Crippen LogP contribution >= 0.6 is 15.9 Å². The summed E-state index contributed by atoms with van der Waals surface area (Å²) in [4.78, 5) is 0.677. The van der Waals surface area contributed by atoms with Crippen LogP contribution in [-0.4, -0.2) is 4.83 Å². The predicted octanol–water partition coefficient (Wildman–Crippen LogP) is 4.62. The van der Waals surface area contributed by atoms with Crippen LogP contribution in [0.4, 0.5) is 0 Å². The van der Waals surface area contributed by atoms with Gasteiger partial charge in [-0.05, 0) is 48.9 Å². The van der Waals surface area contributed by atoms with E-state index < -0.39 is 0 Å². The molecule has 1 heteroatoms. The van der Waals surface area contributed by atoms with E-state index >= 15 is 0 Å². The van der Waals surface area contributed by atoms with E-state index in [-0.39, 0.29) is 0 Å². The van der Waals surface area contributed by atoms with Gasteiger partial charge < -0.3 is 0 Å². The number of alkyl halides is 1. The molecule has 2 aliphatic rings. The van der Waals surface area contributed by atoms with Gasteiger partial charge in [-0.1, -0.05) is 43.1 Å². The van der Waals surface area contributed by atoms with Crippen molar-refractivity contribution in [2.75, 3.05) is 0 Å². The molecule has 0 aromatic rings. The summed E-state index contributed by atoms with van der Waals surface area (Å²) in [7, 11) is 0. The molecular weight excluding hydrogens is 236 g/mol. The first kappa shape index (κ1) is 11.0. The van der Waals surface area contributed by atoms with Crippen LogP contribution in [-0.2, 0) is 0 Å². The smallest absolute Gasteiger partial charge is 0.0122 e. The van der Waals surface area contributed by atoms with Gasteiger partial charge >= 0.3 is 0 Å². The lowest BCUT2D eigenvalue weighted by atomic mass is 9.68. The van der Waals surface area contributed by atoms with Crippen molar-refractivity contribution in [1.29, 1.82) is 0 Å². The molecule has 2 fully saturated rings. The van der Waals surface area contributed by atoms with Gasteiger partial charge in [-0.15, -0.1) is 0 Å². The van der Waals surface area contributed by atoms with Crippen LogP contribution in [0.2, 0.25) is 0 Å². The Morgan fingerprint density at radius 2 is 2.00 bits per heavy atom. The maximum absolute atomic E-state index is 3.71. The third-order valence-corrected chi connectivity index (χ3v) is 4.87. The van der Waals surface area contributed by atoms with Crippen molar-refractivity contribution in [3.63, 3.8) is 0 Å². The molecule has 0 aliphatic heterocycles. The van der Waals surface area contributed by atoms with E-state index in [1.807, 2.05) is 0 Å². The topological polar surface area (TPSA) is 0 Å². The predicted molar refractivity (Wildman–Crippen MR) is 65.7 cm³/mol. The molecule has 0 radical (unpaired) electrons. The van der Waals surface area contributed by atoms with Crippen molar-refractivity contribution in [1.82, 2.24) is 0 Å². The van der Waals surface area contributed by atoms with Crippen LogP contribution in [0.1, 0.15) is 52.9 Å². The summed E-state index contributed by atoms with van der Waals surface area (Å²) in [6, 6.07) is 0. The van der Waals surface area contributed by atoms with Gasteiger partial charge in [0.25, 0.3) is 0 Å². The van der Waals surface area contributed by atoms with Crippen molar-refractivity contribution in [2.24, 2.45) is 23.2 Å². The average Bonchev–Trinajstić information content (AvgIpc) is 2.60. The van der Waals surface area contributed by atoms with Crippen molar-refractivity contribution in [3.8, 4) is 0 Å². The second kappa shape index (κ2) is 3.81. The molecule has 4 atom stereocenters. The average molecular weight is 259 g/mol. The standard InChI is InChI=1S/C13H23Br/c1-9(14)8-13(2,3)12-7-10-4-5-11(12)6-10/h9-12H,4-8H2,1-3H3. The van der Waals surface area contributed by atoms with Gasteiger partial charge in [-0.25, -0.2) is 0 Å². The highest BCUT2D eigenvalue weighted by atomic mass is 79.9. The molecule has 0 heterocycles. The Kier molecular flexibility index (Phi) is 2.99. The normalized spacial score (nSPS) is 39.0. The zero-order valence-electron chi connectivity index (χ0n) is 9.72. The molecule has 82 valence electrons. The van der Waals surface area contributed by atoms with E-state index in [0.29, 0.717) is 10.2 Å². The maximum Gasteiger partial charge on any atom is 0.0122 e. The highest BCUT2D eigenvalue weighted by Crippen LogP contribution is 2.55. The fraction of sp³-hybridized carbons (Fsp3) is 1.00. The lowest BCUT2D eigenvalue weighted by Gasteiger charge is -2.38. The summed E-state index contributed by atoms with van der Waals surface area (Å²) in [5, 5.41) is 0. The first-order chi connectivity index (χ1) is 6.49. The van der Waals surface area contributed by atoms with E-state index in [0.717, 1.165) is 17.8 Å². The summed E-state index contributed by atoms with van der Waals surface area (Å²) in [5.74, 6) is 3.18. The number of hydrogen-bond acceptors (Lipinski definition) is 0. The zero-order valence-corrected chi connectivity index (χ0v) is 11.3. The van der Waals surface area contributed by atoms with E-state index in [4.69, 9.17) is 0 Å². The van der Waals surface area contributed by atoms with Crippen molar-refractivity contribution < 1.29 is 0 Å². The molecule has 4 unspecified atom stereocenters. The van der Waals surface area contributed by atoms with Crippen LogP contribution in [0.5, 0.6) is 0 Å². The largest absolute Gasteiger partial charge is 0.0893 e. The molecule has 2 rings (SSSR count). The van der Waals surface area contributed by atoms with E-state index in [1.165, 1.54) is 25.7 Å². The highest BCUT2D eigenvalue weighted by Gasteiger charge is 2.46. The lowest BCUT2D eigenvalue weighted by Crippen LogP contribution is -2.30. The molecule has 0 amide bonds. The first-order valence-corrected chi connectivity index (χ1v) is 7.04. The monoisotopic (exact) mass is 258 g/mol. The van der Waals surface area contributed by atoms with Crippen molar-refractivity contribution in [2.45, 2.75) is 57.7 Å². The molecule has 0 nitrogen and oxygen atoms in total. The number of rotatable bonds is 3. The van der Waals surface area contributed by atoms with Gasteiger partial charge in [0.15, 0.2) is 0 Å². The fourth-order valence-corrected chi connectivity index (χ4v) is 4.91. The van der Waals surface area contributed by atoms with Gasteiger partial charge in [0, 0.05) is 4.83 Å². The molecule has 0 N–H and O–H groups in total. The van der Waals surface area contributed by atoms with E-state index in [2.05, 4.69) is 36.7 Å². The summed E-state index contributed by atoms with van der Waals surface area (Å²) in [6.07, 6.45) is 7.46. The zero-order chi connectivity index (χ0) is 10.3. The minimum Gasteiger partial charge on any atom is -0.0893 e. The quantitative estimate of drug-likeness (QED) is 0.648. The minimum atomic E-state index is 0.558. The third-order valence-electron chi connectivity index (χ3n) is 4.55. The van der Waals surface area contributed by atoms with Crippen LogP contribution < -0.4 is 0 Å². The van der Waals surface area contributed by atoms with Gasteiger partial charge in [0.05, 0.1) is 0 Å². The Morgan fingerprint density at radius 1 is 1.29 bits per heavy atom. The molecular formula is C13H23Br. The summed E-state index contributed by atoms with van der Waals surface area (Å²) >= 11 is 3.71. The number of fused-ring (bicyclic) bond motifs is 2. The van der Waals surface area contributed by atoms with E-state index in [1.54, 1.807) is 6.42 Å². The Labute approximate surface area is 97.0 Å². The number of halogens is 1. The maximum atomic E-state index is 3.71. The minimum absolute atomic E-state index is 0.558. The number of hydrogen-bond donors (Lipinski definition) is 0. The van der Waals surface area contributed by atoms with Crippen LogP contribution in [0.3, 0.4) is 0 Å². The van der Waals surface area contributed by atoms with Crippen LogP contribution in [0.15, 0.2) is 0 Å². The highest BCUT2D eigenvalue weighted by molar-refractivity contribution is 9.09. The van der Waals surface area contributed by atoms with Gasteiger partial charge in [-0.3, -0.25) is 0 Å². The lowest BCUT2D eigenvalue weighted by molar-refractivity contribution is 0.131. The Bertz CT molecular complexity index is 207. The molecule has 0 spiro atoms. The Morgan fingerprint density at radius 3 is 2.43 bits per heavy atom. The van der Waals surface area contributed by atoms with E-state index in [9.17, 15) is 0 Å². The summed E-state index contributed by atoms with van der Waals surface area (Å²) in [6.45, 7) is 7.25. The molecule has 14 heavy (non-hydrogen) atoms. The second-order valence-electron chi connectivity index (χ2n) is 6.25. The van der Waals surface area contributed by atoms with Gasteiger partial charge in [-0.2, -0.15) is 0 Å². The molecule has 0 saturated heterocycles.